The number of amides is 1. The first-order valence-electron chi connectivity index (χ1n) is 8.50. The minimum atomic E-state index is -0.501. The number of halogens is 2. The SMILES string of the molecule is CCOC(=O)c1ccc(NC(=O)COc2ccc(C(C)C)cc2Br)cc1Cl. The Hall–Kier alpha value is -2.05. The van der Waals surface area contributed by atoms with Crippen LogP contribution in [0.25, 0.3) is 0 Å². The maximum absolute atomic E-state index is 12.1. The van der Waals surface area contributed by atoms with E-state index in [2.05, 4.69) is 35.1 Å². The summed E-state index contributed by atoms with van der Waals surface area (Å²) in [6.45, 7) is 6.03. The van der Waals surface area contributed by atoms with E-state index in [1.807, 2.05) is 18.2 Å². The molecule has 0 fully saturated rings. The van der Waals surface area contributed by atoms with Crippen molar-refractivity contribution in [2.24, 2.45) is 0 Å². The van der Waals surface area contributed by atoms with E-state index in [9.17, 15) is 9.59 Å². The predicted octanol–water partition coefficient (Wildman–Crippen LogP) is 5.42. The quantitative estimate of drug-likeness (QED) is 0.567. The highest BCUT2D eigenvalue weighted by Crippen LogP contribution is 2.29. The maximum atomic E-state index is 12.1. The van der Waals surface area contributed by atoms with Crippen LogP contribution in [0.3, 0.4) is 0 Å². The van der Waals surface area contributed by atoms with Gasteiger partial charge in [-0.25, -0.2) is 4.79 Å². The Morgan fingerprint density at radius 1 is 1.19 bits per heavy atom. The average Bonchev–Trinajstić information content (AvgIpc) is 2.60. The van der Waals surface area contributed by atoms with Gasteiger partial charge in [-0.15, -0.1) is 0 Å². The third kappa shape index (κ3) is 5.97. The van der Waals surface area contributed by atoms with Crippen LogP contribution in [0.15, 0.2) is 40.9 Å². The molecule has 0 aliphatic rings. The lowest BCUT2D eigenvalue weighted by atomic mass is 10.0. The van der Waals surface area contributed by atoms with E-state index in [0.717, 1.165) is 4.47 Å². The molecule has 0 radical (unpaired) electrons. The topological polar surface area (TPSA) is 64.6 Å². The van der Waals surface area contributed by atoms with Crippen LogP contribution in [0.4, 0.5) is 5.69 Å². The number of ether oxygens (including phenoxy) is 2. The van der Waals surface area contributed by atoms with Crippen LogP contribution in [0.5, 0.6) is 5.75 Å². The van der Waals surface area contributed by atoms with Crippen molar-refractivity contribution in [2.75, 3.05) is 18.5 Å². The molecule has 27 heavy (non-hydrogen) atoms. The van der Waals surface area contributed by atoms with Crippen LogP contribution in [0.1, 0.15) is 42.6 Å². The van der Waals surface area contributed by atoms with Crippen molar-refractivity contribution in [2.45, 2.75) is 26.7 Å². The van der Waals surface area contributed by atoms with E-state index >= 15 is 0 Å². The summed E-state index contributed by atoms with van der Waals surface area (Å²) in [5, 5.41) is 2.89. The second-order valence-electron chi connectivity index (χ2n) is 6.10. The fourth-order valence-corrected chi connectivity index (χ4v) is 3.07. The van der Waals surface area contributed by atoms with Gasteiger partial charge >= 0.3 is 5.97 Å². The molecular formula is C20H21BrClNO4. The Kier molecular flexibility index (Phi) is 7.68. The zero-order valence-electron chi connectivity index (χ0n) is 15.3. The summed E-state index contributed by atoms with van der Waals surface area (Å²) in [5.74, 6) is 0.152. The minimum Gasteiger partial charge on any atom is -0.483 e. The maximum Gasteiger partial charge on any atom is 0.339 e. The second kappa shape index (κ2) is 9.76. The molecule has 2 aromatic carbocycles. The van der Waals surface area contributed by atoms with Gasteiger partial charge in [0.05, 0.1) is 21.7 Å². The number of hydrogen-bond donors (Lipinski definition) is 1. The van der Waals surface area contributed by atoms with E-state index in [4.69, 9.17) is 21.1 Å². The molecule has 0 atom stereocenters. The largest absolute Gasteiger partial charge is 0.483 e. The summed E-state index contributed by atoms with van der Waals surface area (Å²) >= 11 is 9.55. The zero-order valence-corrected chi connectivity index (χ0v) is 17.7. The minimum absolute atomic E-state index is 0.156. The Morgan fingerprint density at radius 3 is 2.52 bits per heavy atom. The van der Waals surface area contributed by atoms with Gasteiger partial charge in [-0.3, -0.25) is 4.79 Å². The molecule has 0 saturated carbocycles. The van der Waals surface area contributed by atoms with Crippen LogP contribution >= 0.6 is 27.5 Å². The Morgan fingerprint density at radius 2 is 1.93 bits per heavy atom. The first-order valence-corrected chi connectivity index (χ1v) is 9.67. The molecule has 5 nitrogen and oxygen atoms in total. The van der Waals surface area contributed by atoms with Crippen LogP contribution in [0.2, 0.25) is 5.02 Å². The third-order valence-electron chi connectivity index (χ3n) is 3.73. The second-order valence-corrected chi connectivity index (χ2v) is 7.36. The van der Waals surface area contributed by atoms with Gasteiger partial charge in [-0.1, -0.05) is 31.5 Å². The molecule has 0 aliphatic carbocycles. The number of hydrogen-bond acceptors (Lipinski definition) is 4. The van der Waals surface area contributed by atoms with Crippen LogP contribution < -0.4 is 10.1 Å². The van der Waals surface area contributed by atoms with Crippen molar-refractivity contribution in [1.29, 1.82) is 0 Å². The normalized spacial score (nSPS) is 10.6. The number of esters is 1. The summed E-state index contributed by atoms with van der Waals surface area (Å²) in [4.78, 5) is 23.9. The van der Waals surface area contributed by atoms with Gasteiger partial charge in [0.2, 0.25) is 0 Å². The molecule has 2 rings (SSSR count). The summed E-state index contributed by atoms with van der Waals surface area (Å²) in [6.07, 6.45) is 0. The average molecular weight is 455 g/mol. The number of benzene rings is 2. The molecule has 0 heterocycles. The molecule has 7 heteroatoms. The summed E-state index contributed by atoms with van der Waals surface area (Å²) in [7, 11) is 0. The Balaban J connectivity index is 1.96. The molecule has 1 amide bonds. The number of nitrogens with one attached hydrogen (secondary N) is 1. The lowest BCUT2D eigenvalue weighted by Gasteiger charge is -2.12. The van der Waals surface area contributed by atoms with Crippen molar-refractivity contribution < 1.29 is 19.1 Å². The summed E-state index contributed by atoms with van der Waals surface area (Å²) in [5.41, 5.74) is 1.90. The molecule has 144 valence electrons. The van der Waals surface area contributed by atoms with Gasteiger partial charge in [-0.2, -0.15) is 0 Å². The highest BCUT2D eigenvalue weighted by Gasteiger charge is 2.13. The van der Waals surface area contributed by atoms with Crippen LogP contribution in [-0.4, -0.2) is 25.1 Å². The molecular weight excluding hydrogens is 434 g/mol. The van der Waals surface area contributed by atoms with E-state index in [-0.39, 0.29) is 29.7 Å². The monoisotopic (exact) mass is 453 g/mol. The van der Waals surface area contributed by atoms with E-state index in [1.165, 1.54) is 17.7 Å². The number of carbonyl (C=O) groups excluding carboxylic acids is 2. The highest BCUT2D eigenvalue weighted by molar-refractivity contribution is 9.10. The van der Waals surface area contributed by atoms with Gasteiger partial charge in [0.1, 0.15) is 5.75 Å². The summed E-state index contributed by atoms with van der Waals surface area (Å²) in [6, 6.07) is 10.4. The standard InChI is InChI=1S/C20H21BrClNO4/c1-4-26-20(25)15-7-6-14(10-17(15)22)23-19(24)11-27-18-8-5-13(12(2)3)9-16(18)21/h5-10,12H,4,11H2,1-3H3,(H,23,24). The van der Waals surface area contributed by atoms with Crippen LogP contribution in [-0.2, 0) is 9.53 Å². The Bertz CT molecular complexity index is 839. The van der Waals surface area contributed by atoms with Crippen molar-refractivity contribution in [1.82, 2.24) is 0 Å². The molecule has 0 saturated heterocycles. The lowest BCUT2D eigenvalue weighted by molar-refractivity contribution is -0.118. The zero-order chi connectivity index (χ0) is 20.0. The molecule has 0 aromatic heterocycles. The molecule has 1 N–H and O–H groups in total. The van der Waals surface area contributed by atoms with Gasteiger partial charge < -0.3 is 14.8 Å². The van der Waals surface area contributed by atoms with Crippen molar-refractivity contribution in [3.63, 3.8) is 0 Å². The van der Waals surface area contributed by atoms with E-state index in [1.54, 1.807) is 13.0 Å². The van der Waals surface area contributed by atoms with Crippen molar-refractivity contribution >= 4 is 45.1 Å². The Labute approximate surface area is 172 Å². The first-order chi connectivity index (χ1) is 12.8. The van der Waals surface area contributed by atoms with Gasteiger partial charge in [-0.05, 0) is 64.7 Å². The molecule has 0 aliphatic heterocycles. The lowest BCUT2D eigenvalue weighted by Crippen LogP contribution is -2.20. The molecule has 0 bridgehead atoms. The number of anilines is 1. The molecule has 2 aromatic rings. The van der Waals surface area contributed by atoms with Crippen molar-refractivity contribution in [3.05, 3.63) is 57.0 Å². The number of carbonyl (C=O) groups is 2. The first kappa shape index (κ1) is 21.3. The fourth-order valence-electron chi connectivity index (χ4n) is 2.30. The fraction of sp³-hybridized carbons (Fsp3) is 0.300. The smallest absolute Gasteiger partial charge is 0.339 e. The van der Waals surface area contributed by atoms with E-state index in [0.29, 0.717) is 17.4 Å². The van der Waals surface area contributed by atoms with E-state index < -0.39 is 5.97 Å². The van der Waals surface area contributed by atoms with Gasteiger partial charge in [0.25, 0.3) is 5.91 Å². The third-order valence-corrected chi connectivity index (χ3v) is 4.66. The highest BCUT2D eigenvalue weighted by atomic mass is 79.9. The molecule has 0 spiro atoms. The predicted molar refractivity (Wildman–Crippen MR) is 110 cm³/mol. The van der Waals surface area contributed by atoms with Gasteiger partial charge in [0, 0.05) is 5.69 Å². The summed E-state index contributed by atoms with van der Waals surface area (Å²) < 4.78 is 11.3. The number of rotatable bonds is 7. The van der Waals surface area contributed by atoms with Gasteiger partial charge in [0.15, 0.2) is 6.61 Å². The van der Waals surface area contributed by atoms with Crippen molar-refractivity contribution in [3.8, 4) is 5.75 Å². The molecule has 0 unspecified atom stereocenters. The van der Waals surface area contributed by atoms with Crippen LogP contribution in [0, 0.1) is 0 Å².